The lowest BCUT2D eigenvalue weighted by atomic mass is 10.1. The molecule has 2 rings (SSSR count). The van der Waals surface area contributed by atoms with Crippen molar-refractivity contribution in [1.82, 2.24) is 15.5 Å². The Labute approximate surface area is 125 Å². The third kappa shape index (κ3) is 5.19. The van der Waals surface area contributed by atoms with Gasteiger partial charge in [-0.2, -0.15) is 0 Å². The van der Waals surface area contributed by atoms with Crippen molar-refractivity contribution in [3.05, 3.63) is 35.4 Å². The number of benzene rings is 1. The van der Waals surface area contributed by atoms with Crippen LogP contribution in [0.1, 0.15) is 40.0 Å². The Balaban J connectivity index is 1.86. The van der Waals surface area contributed by atoms with Crippen LogP contribution in [0.5, 0.6) is 0 Å². The first-order chi connectivity index (χ1) is 10.1. The van der Waals surface area contributed by atoms with E-state index in [0.717, 1.165) is 25.8 Å². The topological polar surface area (TPSA) is 61.4 Å². The van der Waals surface area contributed by atoms with Gasteiger partial charge in [0.25, 0.3) is 11.8 Å². The minimum absolute atomic E-state index is 0.0974. The molecule has 1 saturated carbocycles. The van der Waals surface area contributed by atoms with Gasteiger partial charge < -0.3 is 15.5 Å². The molecule has 1 aromatic rings. The number of nitrogens with zero attached hydrogens (tertiary/aromatic N) is 1. The molecule has 5 heteroatoms. The second kappa shape index (κ2) is 7.22. The summed E-state index contributed by atoms with van der Waals surface area (Å²) in [7, 11) is 4.01. The van der Waals surface area contributed by atoms with Crippen molar-refractivity contribution in [3.8, 4) is 0 Å². The Kier molecular flexibility index (Phi) is 5.33. The number of hydrogen-bond donors (Lipinski definition) is 2. The SMILES string of the molecule is CN(C)CCCNC(=O)c1cccc(C(=O)NC2CC2)c1. The van der Waals surface area contributed by atoms with Crippen LogP contribution in [0.25, 0.3) is 0 Å². The molecule has 0 saturated heterocycles. The maximum absolute atomic E-state index is 12.0. The molecular formula is C16H23N3O2. The summed E-state index contributed by atoms with van der Waals surface area (Å²) in [4.78, 5) is 26.1. The summed E-state index contributed by atoms with van der Waals surface area (Å²) in [5, 5.41) is 5.80. The normalized spacial score (nSPS) is 14.0. The second-order valence-corrected chi connectivity index (χ2v) is 5.74. The quantitative estimate of drug-likeness (QED) is 0.743. The van der Waals surface area contributed by atoms with Crippen molar-refractivity contribution >= 4 is 11.8 Å². The summed E-state index contributed by atoms with van der Waals surface area (Å²) in [6, 6.07) is 7.19. The van der Waals surface area contributed by atoms with Crippen LogP contribution in [0.15, 0.2) is 24.3 Å². The van der Waals surface area contributed by atoms with Crippen molar-refractivity contribution < 1.29 is 9.59 Å². The first-order valence-electron chi connectivity index (χ1n) is 7.40. The second-order valence-electron chi connectivity index (χ2n) is 5.74. The Morgan fingerprint density at radius 2 is 1.86 bits per heavy atom. The molecule has 0 unspecified atom stereocenters. The molecule has 21 heavy (non-hydrogen) atoms. The molecule has 114 valence electrons. The average Bonchev–Trinajstić information content (AvgIpc) is 3.27. The summed E-state index contributed by atoms with van der Waals surface area (Å²) in [6.45, 7) is 1.57. The molecule has 0 atom stereocenters. The number of hydrogen-bond acceptors (Lipinski definition) is 3. The minimum atomic E-state index is -0.130. The van der Waals surface area contributed by atoms with E-state index in [1.165, 1.54) is 0 Å². The molecule has 1 aliphatic rings. The molecule has 0 spiro atoms. The Morgan fingerprint density at radius 1 is 1.19 bits per heavy atom. The highest BCUT2D eigenvalue weighted by Gasteiger charge is 2.23. The van der Waals surface area contributed by atoms with Crippen LogP contribution in [0.2, 0.25) is 0 Å². The third-order valence-electron chi connectivity index (χ3n) is 3.37. The number of carbonyl (C=O) groups is 2. The van der Waals surface area contributed by atoms with Gasteiger partial charge in [0.2, 0.25) is 0 Å². The van der Waals surface area contributed by atoms with E-state index in [1.54, 1.807) is 24.3 Å². The lowest BCUT2D eigenvalue weighted by molar-refractivity contribution is 0.0950. The average molecular weight is 289 g/mol. The summed E-state index contributed by atoms with van der Waals surface area (Å²) in [5.74, 6) is -0.227. The van der Waals surface area contributed by atoms with Gasteiger partial charge in [-0.15, -0.1) is 0 Å². The maximum atomic E-state index is 12.0. The fraction of sp³-hybridized carbons (Fsp3) is 0.500. The van der Waals surface area contributed by atoms with Crippen LogP contribution in [-0.2, 0) is 0 Å². The Bertz CT molecular complexity index is 510. The molecule has 0 heterocycles. The molecule has 0 radical (unpaired) electrons. The highest BCUT2D eigenvalue weighted by Crippen LogP contribution is 2.19. The third-order valence-corrected chi connectivity index (χ3v) is 3.37. The fourth-order valence-electron chi connectivity index (χ4n) is 2.00. The van der Waals surface area contributed by atoms with Crippen molar-refractivity contribution in [3.63, 3.8) is 0 Å². The van der Waals surface area contributed by atoms with Crippen LogP contribution in [0.4, 0.5) is 0 Å². The van der Waals surface area contributed by atoms with E-state index in [0.29, 0.717) is 23.7 Å². The highest BCUT2D eigenvalue weighted by atomic mass is 16.2. The summed E-state index contributed by atoms with van der Waals surface area (Å²) in [6.07, 6.45) is 3.01. The van der Waals surface area contributed by atoms with Crippen molar-refractivity contribution in [2.75, 3.05) is 27.2 Å². The number of carbonyl (C=O) groups excluding carboxylic acids is 2. The van der Waals surface area contributed by atoms with Crippen LogP contribution in [0, 0.1) is 0 Å². The van der Waals surface area contributed by atoms with Gasteiger partial charge in [0.15, 0.2) is 0 Å². The summed E-state index contributed by atoms with van der Waals surface area (Å²) >= 11 is 0. The predicted molar refractivity (Wildman–Crippen MR) is 82.4 cm³/mol. The van der Waals surface area contributed by atoms with E-state index < -0.39 is 0 Å². The van der Waals surface area contributed by atoms with Crippen LogP contribution in [-0.4, -0.2) is 49.9 Å². The zero-order valence-corrected chi connectivity index (χ0v) is 12.7. The first-order valence-corrected chi connectivity index (χ1v) is 7.40. The highest BCUT2D eigenvalue weighted by molar-refractivity contribution is 5.99. The van der Waals surface area contributed by atoms with Gasteiger partial charge in [-0.3, -0.25) is 9.59 Å². The minimum Gasteiger partial charge on any atom is -0.352 e. The largest absolute Gasteiger partial charge is 0.352 e. The molecule has 1 fully saturated rings. The van der Waals surface area contributed by atoms with Crippen LogP contribution in [0.3, 0.4) is 0 Å². The van der Waals surface area contributed by atoms with E-state index in [1.807, 2.05) is 14.1 Å². The van der Waals surface area contributed by atoms with Gasteiger partial charge in [0.05, 0.1) is 0 Å². The van der Waals surface area contributed by atoms with Crippen molar-refractivity contribution in [2.24, 2.45) is 0 Å². The van der Waals surface area contributed by atoms with Gasteiger partial charge in [0.1, 0.15) is 0 Å². The Hall–Kier alpha value is -1.88. The molecule has 1 aliphatic carbocycles. The molecule has 2 amide bonds. The fourth-order valence-corrected chi connectivity index (χ4v) is 2.00. The zero-order valence-electron chi connectivity index (χ0n) is 12.7. The monoisotopic (exact) mass is 289 g/mol. The van der Waals surface area contributed by atoms with Crippen molar-refractivity contribution in [1.29, 1.82) is 0 Å². The van der Waals surface area contributed by atoms with Gasteiger partial charge in [-0.05, 0) is 58.1 Å². The van der Waals surface area contributed by atoms with Gasteiger partial charge in [-0.25, -0.2) is 0 Å². The van der Waals surface area contributed by atoms with Crippen LogP contribution < -0.4 is 10.6 Å². The molecule has 0 aliphatic heterocycles. The molecule has 0 aromatic heterocycles. The maximum Gasteiger partial charge on any atom is 0.251 e. The predicted octanol–water partition coefficient (Wildman–Crippen LogP) is 1.26. The lowest BCUT2D eigenvalue weighted by Gasteiger charge is -2.10. The van der Waals surface area contributed by atoms with Gasteiger partial charge in [-0.1, -0.05) is 6.07 Å². The lowest BCUT2D eigenvalue weighted by Crippen LogP contribution is -2.28. The zero-order chi connectivity index (χ0) is 15.2. The van der Waals surface area contributed by atoms with Crippen LogP contribution >= 0.6 is 0 Å². The van der Waals surface area contributed by atoms with Crippen molar-refractivity contribution in [2.45, 2.75) is 25.3 Å². The summed E-state index contributed by atoms with van der Waals surface area (Å²) in [5.41, 5.74) is 1.08. The first kappa shape index (κ1) is 15.5. The van der Waals surface area contributed by atoms with E-state index in [2.05, 4.69) is 15.5 Å². The van der Waals surface area contributed by atoms with E-state index in [9.17, 15) is 9.59 Å². The van der Waals surface area contributed by atoms with Gasteiger partial charge in [0, 0.05) is 23.7 Å². The molecule has 5 nitrogen and oxygen atoms in total. The molecule has 0 bridgehead atoms. The smallest absolute Gasteiger partial charge is 0.251 e. The Morgan fingerprint density at radius 3 is 2.48 bits per heavy atom. The van der Waals surface area contributed by atoms with E-state index in [4.69, 9.17) is 0 Å². The van der Waals surface area contributed by atoms with E-state index >= 15 is 0 Å². The molecule has 1 aromatic carbocycles. The standard InChI is InChI=1S/C16H23N3O2/c1-19(2)10-4-9-17-15(20)12-5-3-6-13(11-12)16(21)18-14-7-8-14/h3,5-6,11,14H,4,7-10H2,1-2H3,(H,17,20)(H,18,21). The summed E-state index contributed by atoms with van der Waals surface area (Å²) < 4.78 is 0. The molecule has 2 N–H and O–H groups in total. The molecular weight excluding hydrogens is 266 g/mol. The number of rotatable bonds is 7. The number of amides is 2. The van der Waals surface area contributed by atoms with E-state index in [-0.39, 0.29) is 11.8 Å². The van der Waals surface area contributed by atoms with Gasteiger partial charge >= 0.3 is 0 Å². The number of nitrogens with one attached hydrogen (secondary N) is 2.